The van der Waals surface area contributed by atoms with Crippen molar-refractivity contribution in [3.8, 4) is 11.5 Å². The van der Waals surface area contributed by atoms with Crippen LogP contribution in [0.15, 0.2) is 77.9 Å². The molecule has 1 saturated carbocycles. The second-order valence-corrected chi connectivity index (χ2v) is 7.83. The molecule has 0 radical (unpaired) electrons. The number of nitrogens with one attached hydrogen (secondary N) is 1. The molecular weight excluding hydrogens is 400 g/mol. The molecule has 0 bridgehead atoms. The number of hydrazone groups is 1. The Bertz CT molecular complexity index is 1080. The molecule has 5 rings (SSSR count). The van der Waals surface area contributed by atoms with Gasteiger partial charge in [-0.25, -0.2) is 5.43 Å². The van der Waals surface area contributed by atoms with E-state index in [-0.39, 0.29) is 24.0 Å². The first-order valence-corrected chi connectivity index (χ1v) is 10.1. The van der Waals surface area contributed by atoms with Crippen molar-refractivity contribution in [2.24, 2.45) is 11.0 Å². The number of halogens is 1. The van der Waals surface area contributed by atoms with Gasteiger partial charge in [0.25, 0.3) is 0 Å². The highest BCUT2D eigenvalue weighted by Gasteiger charge is 2.60. The van der Waals surface area contributed by atoms with Crippen molar-refractivity contribution in [1.82, 2.24) is 5.43 Å². The molecule has 3 aromatic carbocycles. The molecule has 1 fully saturated rings. The van der Waals surface area contributed by atoms with E-state index in [0.717, 1.165) is 17.5 Å². The summed E-state index contributed by atoms with van der Waals surface area (Å²) in [6.45, 7) is 0.172. The van der Waals surface area contributed by atoms with Gasteiger partial charge in [-0.3, -0.25) is 4.79 Å². The molecular formula is C24H19ClN2O3. The number of ether oxygens (including phenoxy) is 2. The lowest BCUT2D eigenvalue weighted by molar-refractivity contribution is -0.122. The zero-order chi connectivity index (χ0) is 20.6. The van der Waals surface area contributed by atoms with E-state index in [2.05, 4.69) is 34.8 Å². The standard InChI is InChI=1S/C24H19ClN2O3/c25-20-12-22-21(29-15-30-22)11-16(20)14-26-27-23(28)19-13-24(19,17-7-3-1-4-8-17)18-9-5-2-6-10-18/h1-12,14,19H,13,15H2,(H,27,28)/t19-/m1/s1. The molecule has 1 aliphatic carbocycles. The summed E-state index contributed by atoms with van der Waals surface area (Å²) in [5.41, 5.74) is 5.28. The van der Waals surface area contributed by atoms with Crippen LogP contribution in [0.2, 0.25) is 5.02 Å². The van der Waals surface area contributed by atoms with E-state index in [9.17, 15) is 4.79 Å². The van der Waals surface area contributed by atoms with Gasteiger partial charge in [-0.2, -0.15) is 5.10 Å². The number of carbonyl (C=O) groups excluding carboxylic acids is 1. The monoisotopic (exact) mass is 418 g/mol. The summed E-state index contributed by atoms with van der Waals surface area (Å²) in [4.78, 5) is 12.9. The number of hydrogen-bond acceptors (Lipinski definition) is 4. The van der Waals surface area contributed by atoms with Gasteiger partial charge in [-0.05, 0) is 23.6 Å². The van der Waals surface area contributed by atoms with Gasteiger partial charge in [0.1, 0.15) is 0 Å². The summed E-state index contributed by atoms with van der Waals surface area (Å²) in [5.74, 6) is 0.915. The Morgan fingerprint density at radius 1 is 1.00 bits per heavy atom. The molecule has 1 N–H and O–H groups in total. The van der Waals surface area contributed by atoms with Gasteiger partial charge in [0, 0.05) is 17.0 Å². The lowest BCUT2D eigenvalue weighted by Gasteiger charge is -2.18. The smallest absolute Gasteiger partial charge is 0.244 e. The summed E-state index contributed by atoms with van der Waals surface area (Å²) >= 11 is 6.26. The average Bonchev–Trinajstić information content (AvgIpc) is 3.40. The number of hydrogen-bond donors (Lipinski definition) is 1. The maximum absolute atomic E-state index is 12.9. The number of nitrogens with zero attached hydrogens (tertiary/aromatic N) is 1. The fourth-order valence-electron chi connectivity index (χ4n) is 4.13. The van der Waals surface area contributed by atoms with Crippen molar-refractivity contribution in [3.05, 3.63) is 94.5 Å². The summed E-state index contributed by atoms with van der Waals surface area (Å²) in [6.07, 6.45) is 2.27. The third-order valence-corrected chi connectivity index (χ3v) is 6.05. The van der Waals surface area contributed by atoms with Gasteiger partial charge in [0.2, 0.25) is 12.7 Å². The Morgan fingerprint density at radius 2 is 1.60 bits per heavy atom. The van der Waals surface area contributed by atoms with E-state index in [4.69, 9.17) is 21.1 Å². The van der Waals surface area contributed by atoms with Crippen molar-refractivity contribution in [2.75, 3.05) is 6.79 Å². The van der Waals surface area contributed by atoms with Crippen LogP contribution in [0.1, 0.15) is 23.1 Å². The number of amides is 1. The molecule has 1 aliphatic heterocycles. The third-order valence-electron chi connectivity index (χ3n) is 5.73. The van der Waals surface area contributed by atoms with Crippen molar-refractivity contribution >= 4 is 23.7 Å². The van der Waals surface area contributed by atoms with Gasteiger partial charge in [-0.15, -0.1) is 0 Å². The predicted octanol–water partition coefficient (Wildman–Crippen LogP) is 4.53. The number of benzene rings is 3. The second kappa shape index (κ2) is 7.50. The molecule has 30 heavy (non-hydrogen) atoms. The average molecular weight is 419 g/mol. The van der Waals surface area contributed by atoms with Crippen LogP contribution in [0, 0.1) is 5.92 Å². The minimum atomic E-state index is -0.321. The second-order valence-electron chi connectivity index (χ2n) is 7.42. The van der Waals surface area contributed by atoms with Crippen LogP contribution in [0.3, 0.4) is 0 Å². The first kappa shape index (κ1) is 18.7. The summed E-state index contributed by atoms with van der Waals surface area (Å²) in [5, 5.41) is 4.61. The lowest BCUT2D eigenvalue weighted by atomic mass is 9.85. The number of fused-ring (bicyclic) bond motifs is 1. The Labute approximate surface area is 179 Å². The first-order valence-electron chi connectivity index (χ1n) is 9.71. The summed E-state index contributed by atoms with van der Waals surface area (Å²) in [6, 6.07) is 23.7. The van der Waals surface area contributed by atoms with E-state index in [0.29, 0.717) is 22.1 Å². The summed E-state index contributed by atoms with van der Waals surface area (Å²) < 4.78 is 10.7. The largest absolute Gasteiger partial charge is 0.454 e. The van der Waals surface area contributed by atoms with Crippen molar-refractivity contribution < 1.29 is 14.3 Å². The molecule has 150 valence electrons. The molecule has 0 saturated heterocycles. The molecule has 0 aromatic heterocycles. The van der Waals surface area contributed by atoms with Crippen LogP contribution in [-0.2, 0) is 10.2 Å². The highest BCUT2D eigenvalue weighted by atomic mass is 35.5. The zero-order valence-electron chi connectivity index (χ0n) is 16.0. The molecule has 3 aromatic rings. The van der Waals surface area contributed by atoms with E-state index in [1.165, 1.54) is 6.21 Å². The Hall–Kier alpha value is -3.31. The van der Waals surface area contributed by atoms with Crippen LogP contribution >= 0.6 is 11.6 Å². The molecule has 1 amide bonds. The van der Waals surface area contributed by atoms with Gasteiger partial charge < -0.3 is 9.47 Å². The van der Waals surface area contributed by atoms with Gasteiger partial charge in [-0.1, -0.05) is 72.3 Å². The van der Waals surface area contributed by atoms with Crippen molar-refractivity contribution in [3.63, 3.8) is 0 Å². The third kappa shape index (κ3) is 3.21. The molecule has 6 heteroatoms. The zero-order valence-corrected chi connectivity index (χ0v) is 16.8. The first-order chi connectivity index (χ1) is 14.7. The van der Waals surface area contributed by atoms with E-state index >= 15 is 0 Å². The minimum absolute atomic E-state index is 0.115. The van der Waals surface area contributed by atoms with Crippen LogP contribution in [-0.4, -0.2) is 18.9 Å². The van der Waals surface area contributed by atoms with Crippen molar-refractivity contribution in [1.29, 1.82) is 0 Å². The molecule has 1 atom stereocenters. The highest BCUT2D eigenvalue weighted by molar-refractivity contribution is 6.33. The summed E-state index contributed by atoms with van der Waals surface area (Å²) in [7, 11) is 0. The normalized spacial score (nSPS) is 18.4. The Balaban J connectivity index is 1.35. The fraction of sp³-hybridized carbons (Fsp3) is 0.167. The molecule has 0 spiro atoms. The maximum Gasteiger partial charge on any atom is 0.244 e. The van der Waals surface area contributed by atoms with Gasteiger partial charge in [0.05, 0.1) is 17.2 Å². The molecule has 5 nitrogen and oxygen atoms in total. The molecule has 1 heterocycles. The Morgan fingerprint density at radius 3 is 2.23 bits per heavy atom. The van der Waals surface area contributed by atoms with Gasteiger partial charge >= 0.3 is 0 Å². The lowest BCUT2D eigenvalue weighted by Crippen LogP contribution is -2.25. The minimum Gasteiger partial charge on any atom is -0.454 e. The van der Waals surface area contributed by atoms with E-state index in [1.807, 2.05) is 36.4 Å². The van der Waals surface area contributed by atoms with Crippen LogP contribution in [0.5, 0.6) is 11.5 Å². The van der Waals surface area contributed by atoms with E-state index in [1.54, 1.807) is 12.1 Å². The quantitative estimate of drug-likeness (QED) is 0.489. The van der Waals surface area contributed by atoms with E-state index < -0.39 is 0 Å². The SMILES string of the molecule is O=C(NN=Cc1cc2c(cc1Cl)OCO2)[C@H]1CC1(c1ccccc1)c1ccccc1. The van der Waals surface area contributed by atoms with Crippen LogP contribution < -0.4 is 14.9 Å². The maximum atomic E-state index is 12.9. The van der Waals surface area contributed by atoms with Crippen LogP contribution in [0.4, 0.5) is 0 Å². The highest BCUT2D eigenvalue weighted by Crippen LogP contribution is 2.58. The Kier molecular flexibility index (Phi) is 4.68. The topological polar surface area (TPSA) is 59.9 Å². The molecule has 0 unspecified atom stereocenters. The van der Waals surface area contributed by atoms with Gasteiger partial charge in [0.15, 0.2) is 11.5 Å². The predicted molar refractivity (Wildman–Crippen MR) is 115 cm³/mol. The van der Waals surface area contributed by atoms with Crippen LogP contribution in [0.25, 0.3) is 0 Å². The number of carbonyl (C=O) groups is 1. The van der Waals surface area contributed by atoms with Crippen molar-refractivity contribution in [2.45, 2.75) is 11.8 Å². The number of rotatable bonds is 5. The fourth-order valence-corrected chi connectivity index (χ4v) is 4.33. The molecule has 2 aliphatic rings.